The average Bonchev–Trinajstić information content (AvgIpc) is 3.07. The van der Waals surface area contributed by atoms with Crippen LogP contribution in [0.3, 0.4) is 0 Å². The van der Waals surface area contributed by atoms with E-state index in [0.29, 0.717) is 0 Å². The van der Waals surface area contributed by atoms with Crippen molar-refractivity contribution in [2.24, 2.45) is 17.8 Å². The average molecular weight is 377 g/mol. The Labute approximate surface area is 146 Å². The molecule has 2 amide bonds. The van der Waals surface area contributed by atoms with Crippen molar-refractivity contribution >= 4 is 23.3 Å². The van der Waals surface area contributed by atoms with Gasteiger partial charge in [0.2, 0.25) is 0 Å². The van der Waals surface area contributed by atoms with Crippen LogP contribution in [0, 0.1) is 24.7 Å². The lowest BCUT2D eigenvalue weighted by atomic mass is 9.96. The fourth-order valence-electron chi connectivity index (χ4n) is 3.10. The van der Waals surface area contributed by atoms with Crippen LogP contribution in [0.25, 0.3) is 0 Å². The number of urea groups is 1. The molecule has 1 saturated carbocycles. The van der Waals surface area contributed by atoms with Crippen LogP contribution < -0.4 is 5.32 Å². The number of aromatic nitrogens is 1. The summed E-state index contributed by atoms with van der Waals surface area (Å²) in [6.45, 7) is 0.805. The van der Waals surface area contributed by atoms with Crippen LogP contribution in [0.15, 0.2) is 6.20 Å². The van der Waals surface area contributed by atoms with E-state index in [2.05, 4.69) is 10.3 Å². The highest BCUT2D eigenvalue weighted by Gasteiger charge is 2.53. The van der Waals surface area contributed by atoms with Gasteiger partial charge in [-0.25, -0.2) is 9.78 Å². The highest BCUT2D eigenvalue weighted by atomic mass is 32.1. The molecule has 138 valence electrons. The quantitative estimate of drug-likeness (QED) is 0.845. The van der Waals surface area contributed by atoms with Gasteiger partial charge in [0.1, 0.15) is 5.01 Å². The van der Waals surface area contributed by atoms with E-state index >= 15 is 0 Å². The summed E-state index contributed by atoms with van der Waals surface area (Å²) >= 11 is 1.44. The summed E-state index contributed by atoms with van der Waals surface area (Å²) in [5.74, 6) is -4.98. The smallest absolute Gasteiger partial charge is 0.394 e. The Hall–Kier alpha value is -1.84. The molecule has 2 heterocycles. The van der Waals surface area contributed by atoms with Crippen LogP contribution in [0.5, 0.6) is 0 Å². The number of hydrogen-bond donors (Lipinski definition) is 2. The predicted octanol–water partition coefficient (Wildman–Crippen LogP) is 2.81. The summed E-state index contributed by atoms with van der Waals surface area (Å²) in [4.78, 5) is 29.8. The van der Waals surface area contributed by atoms with E-state index in [4.69, 9.17) is 5.11 Å². The number of nitrogens with zero attached hydrogens (tertiary/aromatic N) is 2. The van der Waals surface area contributed by atoms with Gasteiger partial charge in [-0.05, 0) is 25.7 Å². The van der Waals surface area contributed by atoms with Gasteiger partial charge in [-0.3, -0.25) is 4.79 Å². The number of aryl methyl sites for hydroxylation is 1. The van der Waals surface area contributed by atoms with E-state index in [0.717, 1.165) is 27.6 Å². The van der Waals surface area contributed by atoms with Gasteiger partial charge in [0.05, 0.1) is 17.9 Å². The molecule has 1 aromatic heterocycles. The van der Waals surface area contributed by atoms with Crippen LogP contribution in [0.2, 0.25) is 0 Å². The Balaban J connectivity index is 1.71. The molecule has 2 N–H and O–H groups in total. The number of aliphatic carboxylic acids is 1. The first kappa shape index (κ1) is 18.0. The van der Waals surface area contributed by atoms with Crippen LogP contribution in [0.4, 0.5) is 18.0 Å². The Morgan fingerprint density at radius 1 is 1.40 bits per heavy atom. The van der Waals surface area contributed by atoms with Gasteiger partial charge in [0.15, 0.2) is 0 Å². The molecule has 1 saturated heterocycles. The minimum Gasteiger partial charge on any atom is -0.481 e. The number of carboxylic acids is 1. The van der Waals surface area contributed by atoms with E-state index < -0.39 is 43.1 Å². The number of carboxylic acid groups (broad SMARTS) is 1. The molecular formula is C15H18F3N3O3S. The van der Waals surface area contributed by atoms with Gasteiger partial charge in [0.25, 0.3) is 0 Å². The molecule has 1 aliphatic heterocycles. The third-order valence-electron chi connectivity index (χ3n) is 4.62. The number of rotatable bonds is 4. The number of alkyl halides is 3. The molecule has 6 nitrogen and oxygen atoms in total. The summed E-state index contributed by atoms with van der Waals surface area (Å²) in [5, 5.41) is 12.5. The second-order valence-corrected chi connectivity index (χ2v) is 7.84. The summed E-state index contributed by atoms with van der Waals surface area (Å²) in [6, 6.07) is -0.998. The van der Waals surface area contributed by atoms with E-state index in [9.17, 15) is 22.8 Å². The molecule has 0 radical (unpaired) electrons. The number of nitrogens with one attached hydrogen (secondary N) is 1. The number of carbonyl (C=O) groups is 2. The van der Waals surface area contributed by atoms with Crippen LogP contribution in [-0.2, 0) is 4.79 Å². The zero-order valence-electron chi connectivity index (χ0n) is 13.4. The molecule has 0 spiro atoms. The zero-order chi connectivity index (χ0) is 18.4. The summed E-state index contributed by atoms with van der Waals surface area (Å²) in [5.41, 5.74) is 0. The van der Waals surface area contributed by atoms with Crippen molar-refractivity contribution in [1.82, 2.24) is 15.2 Å². The first-order valence-corrected chi connectivity index (χ1v) is 8.75. The maximum absolute atomic E-state index is 13.0. The molecule has 3 rings (SSSR count). The van der Waals surface area contributed by atoms with Crippen LogP contribution in [0.1, 0.15) is 28.8 Å². The van der Waals surface area contributed by atoms with Crippen LogP contribution in [-0.4, -0.2) is 46.3 Å². The lowest BCUT2D eigenvalue weighted by Crippen LogP contribution is -2.41. The minimum absolute atomic E-state index is 0.228. The first-order chi connectivity index (χ1) is 11.7. The maximum Gasteiger partial charge on any atom is 0.394 e. The topological polar surface area (TPSA) is 82.5 Å². The van der Waals surface area contributed by atoms with E-state index in [1.807, 2.05) is 6.92 Å². The minimum atomic E-state index is -4.65. The van der Waals surface area contributed by atoms with Crippen molar-refractivity contribution in [3.05, 3.63) is 16.1 Å². The number of halogens is 3. The van der Waals surface area contributed by atoms with E-state index in [1.165, 1.54) is 11.3 Å². The Morgan fingerprint density at radius 2 is 2.08 bits per heavy atom. The lowest BCUT2D eigenvalue weighted by molar-refractivity contribution is -0.187. The number of hydrogen-bond acceptors (Lipinski definition) is 4. The van der Waals surface area contributed by atoms with Crippen molar-refractivity contribution in [3.63, 3.8) is 0 Å². The summed E-state index contributed by atoms with van der Waals surface area (Å²) in [6.07, 6.45) is -1.11. The number of amides is 2. The summed E-state index contributed by atoms with van der Waals surface area (Å²) in [7, 11) is 0. The third kappa shape index (κ3) is 3.88. The predicted molar refractivity (Wildman–Crippen MR) is 83.1 cm³/mol. The zero-order valence-corrected chi connectivity index (χ0v) is 14.2. The standard InChI is InChI=1S/C15H18F3N3O3S/c1-7-4-19-12(25-7)11(8-2-3-8)20-14(24)21-5-9(13(22)23)10(6-21)15(16,17)18/h4,8-11H,2-3,5-6H2,1H3,(H,20,24)(H,22,23)/t9-,10-,11?/m1/s1. The first-order valence-electron chi connectivity index (χ1n) is 7.94. The van der Waals surface area contributed by atoms with Crippen LogP contribution >= 0.6 is 11.3 Å². The van der Waals surface area contributed by atoms with Crippen molar-refractivity contribution in [2.75, 3.05) is 13.1 Å². The van der Waals surface area contributed by atoms with Crippen molar-refractivity contribution in [3.8, 4) is 0 Å². The second-order valence-electron chi connectivity index (χ2n) is 6.57. The van der Waals surface area contributed by atoms with Crippen molar-refractivity contribution in [2.45, 2.75) is 32.0 Å². The Kier molecular flexibility index (Phi) is 4.65. The molecule has 3 atom stereocenters. The molecule has 10 heteroatoms. The normalized spacial score (nSPS) is 25.0. The van der Waals surface area contributed by atoms with Crippen molar-refractivity contribution < 1.29 is 27.9 Å². The molecule has 1 unspecified atom stereocenters. The number of carbonyl (C=O) groups excluding carboxylic acids is 1. The highest BCUT2D eigenvalue weighted by Crippen LogP contribution is 2.43. The second kappa shape index (κ2) is 6.47. The SMILES string of the molecule is Cc1cnc(C(NC(=O)N2C[C@@H](C(F)(F)F)[C@H](C(=O)O)C2)C2CC2)s1. The fourth-order valence-corrected chi connectivity index (χ4v) is 4.02. The lowest BCUT2D eigenvalue weighted by Gasteiger charge is -2.22. The molecule has 1 aromatic rings. The van der Waals surface area contributed by atoms with Gasteiger partial charge in [-0.2, -0.15) is 13.2 Å². The highest BCUT2D eigenvalue weighted by molar-refractivity contribution is 7.11. The molecule has 0 bridgehead atoms. The molecule has 0 aromatic carbocycles. The van der Waals surface area contributed by atoms with Gasteiger partial charge in [-0.1, -0.05) is 0 Å². The fraction of sp³-hybridized carbons (Fsp3) is 0.667. The monoisotopic (exact) mass is 377 g/mol. The molecular weight excluding hydrogens is 359 g/mol. The maximum atomic E-state index is 13.0. The molecule has 2 aliphatic rings. The van der Waals surface area contributed by atoms with Gasteiger partial charge in [0, 0.05) is 24.2 Å². The molecule has 25 heavy (non-hydrogen) atoms. The van der Waals surface area contributed by atoms with E-state index in [-0.39, 0.29) is 12.0 Å². The summed E-state index contributed by atoms with van der Waals surface area (Å²) < 4.78 is 39.1. The third-order valence-corrected chi connectivity index (χ3v) is 5.62. The number of thiazole rings is 1. The van der Waals surface area contributed by atoms with Gasteiger partial charge < -0.3 is 15.3 Å². The van der Waals surface area contributed by atoms with Gasteiger partial charge in [-0.15, -0.1) is 11.3 Å². The van der Waals surface area contributed by atoms with E-state index in [1.54, 1.807) is 6.20 Å². The Bertz CT molecular complexity index is 674. The molecule has 1 aliphatic carbocycles. The van der Waals surface area contributed by atoms with Gasteiger partial charge >= 0.3 is 18.2 Å². The number of likely N-dealkylation sites (tertiary alicyclic amines) is 1. The van der Waals surface area contributed by atoms with Crippen molar-refractivity contribution in [1.29, 1.82) is 0 Å². The largest absolute Gasteiger partial charge is 0.481 e. The Morgan fingerprint density at radius 3 is 2.52 bits per heavy atom. The molecule has 2 fully saturated rings.